The molecule has 3 aliphatic heterocycles. The highest BCUT2D eigenvalue weighted by Gasteiger charge is 2.36. The Labute approximate surface area is 440 Å². The van der Waals surface area contributed by atoms with Gasteiger partial charge in [-0.25, -0.2) is 0 Å². The number of aliphatic hydroxyl groups is 2. The monoisotopic (exact) mass is 1030 g/mol. The van der Waals surface area contributed by atoms with Crippen LogP contribution in [0.2, 0.25) is 0 Å². The number of nitrogens with one attached hydrogen (secondary N) is 2. The highest BCUT2D eigenvalue weighted by Crippen LogP contribution is 2.42. The number of aliphatic hydroxyl groups excluding tert-OH is 2. The summed E-state index contributed by atoms with van der Waals surface area (Å²) in [7, 11) is 1.64. The van der Waals surface area contributed by atoms with E-state index in [1.807, 2.05) is 24.6 Å². The Bertz CT molecular complexity index is 2770. The van der Waals surface area contributed by atoms with Gasteiger partial charge in [-0.15, -0.1) is 0 Å². The fraction of sp³-hybridized carbons (Fsp3) is 0.509. The molecule has 0 aliphatic carbocycles. The zero-order valence-electron chi connectivity index (χ0n) is 44.4. The van der Waals surface area contributed by atoms with E-state index in [1.54, 1.807) is 31.4 Å². The number of imide groups is 1. The number of methoxy groups -OCH3 is 1. The third-order valence-corrected chi connectivity index (χ3v) is 14.2. The third-order valence-electron chi connectivity index (χ3n) is 14.2. The first-order valence-corrected chi connectivity index (χ1v) is 26.6. The summed E-state index contributed by atoms with van der Waals surface area (Å²) in [6.45, 7) is 14.3. The molecule has 5 aromatic rings. The summed E-state index contributed by atoms with van der Waals surface area (Å²) in [4.78, 5) is 40.7. The van der Waals surface area contributed by atoms with Gasteiger partial charge < -0.3 is 53.7 Å². The van der Waals surface area contributed by atoms with Crippen molar-refractivity contribution in [3.05, 3.63) is 115 Å². The average molecular weight is 1030 g/mol. The number of benzene rings is 2. The quantitative estimate of drug-likeness (QED) is 0.0284. The third kappa shape index (κ3) is 12.7. The first kappa shape index (κ1) is 55.3. The molecular formula is C57H75N7O11. The van der Waals surface area contributed by atoms with Crippen LogP contribution in [-0.2, 0) is 62.2 Å². The largest absolute Gasteiger partial charge is 0.487 e. The summed E-state index contributed by atoms with van der Waals surface area (Å²) >= 11 is 0. The molecule has 2 amide bonds. The Morgan fingerprint density at radius 2 is 1.16 bits per heavy atom. The number of amides is 2. The van der Waals surface area contributed by atoms with Crippen molar-refractivity contribution >= 4 is 35.6 Å². The van der Waals surface area contributed by atoms with Crippen LogP contribution in [0.25, 0.3) is 0 Å². The summed E-state index contributed by atoms with van der Waals surface area (Å²) in [6, 6.07) is 10.6. The smallest absolute Gasteiger partial charge is 0.261 e. The standard InChI is InChI=1S/C57H75N7O11/c1-6-40-41(7-2)51-35-52-43(15-11-20-66)39(4)53-37-60-48-34-55(75-30-28-72-25-24-70-21-17-58-16-18-62-56(67)44-12-8-9-13-45(44)57(62)68)54(74-31-29-73-27-26-71-23-22-69-5)33-47(48)59-36-49-38(3)42(14-10-19-65)46(61-49)32-50(40)63(51)64(52)53/h8-9,12-13,33-34,36-37,58,61,65-66H,6-7,10-11,14-32,35H2,1-5H3. The average Bonchev–Trinajstić information content (AvgIpc) is 4.19. The number of aromatic amines is 1. The number of ether oxygens (including phenoxy) is 7. The lowest BCUT2D eigenvalue weighted by atomic mass is 9.97. The molecule has 0 spiro atoms. The summed E-state index contributed by atoms with van der Waals surface area (Å²) in [5.41, 5.74) is 16.2. The van der Waals surface area contributed by atoms with Crippen LogP contribution in [0.1, 0.15) is 115 Å². The second-order valence-corrected chi connectivity index (χ2v) is 18.7. The minimum absolute atomic E-state index is 0.0955. The predicted molar refractivity (Wildman–Crippen MR) is 287 cm³/mol. The topological polar surface area (TPSA) is 205 Å². The Balaban J connectivity index is 1.01. The molecule has 3 aromatic heterocycles. The second-order valence-electron chi connectivity index (χ2n) is 18.7. The summed E-state index contributed by atoms with van der Waals surface area (Å²) in [5, 5.41) is 23.3. The van der Waals surface area contributed by atoms with E-state index in [0.29, 0.717) is 119 Å². The van der Waals surface area contributed by atoms with Gasteiger partial charge in [0.05, 0.1) is 123 Å². The van der Waals surface area contributed by atoms with E-state index in [9.17, 15) is 19.8 Å². The lowest BCUT2D eigenvalue weighted by Gasteiger charge is -2.16. The summed E-state index contributed by atoms with van der Waals surface area (Å²) in [6.07, 6.45) is 9.86. The highest BCUT2D eigenvalue weighted by molar-refractivity contribution is 6.21. The van der Waals surface area contributed by atoms with Gasteiger partial charge in [0.1, 0.15) is 13.2 Å². The van der Waals surface area contributed by atoms with Crippen LogP contribution < -0.4 is 14.8 Å². The Morgan fingerprint density at radius 1 is 0.627 bits per heavy atom. The van der Waals surface area contributed by atoms with Crippen LogP contribution in [0.15, 0.2) is 46.4 Å². The molecule has 18 heteroatoms. The van der Waals surface area contributed by atoms with Gasteiger partial charge in [-0.1, -0.05) is 26.0 Å². The maximum atomic E-state index is 12.6. The number of carbonyl (C=O) groups excluding carboxylic acids is 2. The van der Waals surface area contributed by atoms with Gasteiger partial charge in [-0.2, -0.15) is 0 Å². The van der Waals surface area contributed by atoms with E-state index in [2.05, 4.69) is 47.3 Å². The SMILES string of the molecule is CCc1c(CC)c2n3c1Cc1[nH]c(c(C)c1CCCO)C=Nc1cc(OCCOCCOCCOC)c(OCCOCCOCCNCCN4C(=O)c5ccccc5C4=O)cc1N=Cc1c(C)c(CCCO)c(n1-3)C2. The number of H-pyrrole nitrogens is 1. The van der Waals surface area contributed by atoms with Crippen LogP contribution in [0.5, 0.6) is 11.5 Å². The van der Waals surface area contributed by atoms with Gasteiger partial charge in [0.25, 0.3) is 11.8 Å². The van der Waals surface area contributed by atoms with Crippen LogP contribution >= 0.6 is 0 Å². The van der Waals surface area contributed by atoms with Gasteiger partial charge in [-0.05, 0) is 97.9 Å². The van der Waals surface area contributed by atoms with E-state index in [1.165, 1.54) is 44.2 Å². The molecule has 6 heterocycles. The minimum Gasteiger partial charge on any atom is -0.487 e. The summed E-state index contributed by atoms with van der Waals surface area (Å²) < 4.78 is 45.8. The van der Waals surface area contributed by atoms with Gasteiger partial charge in [0.15, 0.2) is 11.5 Å². The normalized spacial score (nSPS) is 13.5. The van der Waals surface area contributed by atoms with Crippen molar-refractivity contribution in [2.75, 3.05) is 113 Å². The molecule has 2 aromatic carbocycles. The lowest BCUT2D eigenvalue weighted by molar-refractivity contribution is 0.0175. The van der Waals surface area contributed by atoms with Crippen molar-refractivity contribution in [1.82, 2.24) is 24.6 Å². The minimum atomic E-state index is -0.261. The first-order chi connectivity index (χ1) is 36.7. The number of fused-ring (bicyclic) bond motifs is 4. The molecular weight excluding hydrogens is 959 g/mol. The van der Waals surface area contributed by atoms with Gasteiger partial charge in [0.2, 0.25) is 0 Å². The fourth-order valence-electron chi connectivity index (χ4n) is 10.4. The van der Waals surface area contributed by atoms with E-state index < -0.39 is 0 Å². The Hall–Kier alpha value is -5.96. The Morgan fingerprint density at radius 3 is 1.75 bits per heavy atom. The van der Waals surface area contributed by atoms with Crippen molar-refractivity contribution in [3.63, 3.8) is 0 Å². The van der Waals surface area contributed by atoms with Gasteiger partial charge in [0, 0.05) is 70.6 Å². The number of hydrogen-bond donors (Lipinski definition) is 4. The number of carbonyl (C=O) groups is 2. The molecule has 4 N–H and O–H groups in total. The number of hydrogen-bond acceptors (Lipinski definition) is 14. The van der Waals surface area contributed by atoms with Crippen LogP contribution in [0.3, 0.4) is 0 Å². The molecule has 3 aliphatic rings. The van der Waals surface area contributed by atoms with Gasteiger partial charge in [-0.3, -0.25) is 33.8 Å². The maximum absolute atomic E-state index is 12.6. The molecule has 8 rings (SSSR count). The number of rotatable bonds is 31. The van der Waals surface area contributed by atoms with Crippen molar-refractivity contribution in [1.29, 1.82) is 0 Å². The number of aliphatic imine (C=N–C) groups is 2. The van der Waals surface area contributed by atoms with E-state index in [-0.39, 0.29) is 51.4 Å². The van der Waals surface area contributed by atoms with Crippen molar-refractivity contribution in [2.45, 2.75) is 79.1 Å². The lowest BCUT2D eigenvalue weighted by Crippen LogP contribution is -2.37. The fourth-order valence-corrected chi connectivity index (χ4v) is 10.4. The second kappa shape index (κ2) is 27.2. The maximum Gasteiger partial charge on any atom is 0.261 e. The van der Waals surface area contributed by atoms with E-state index in [4.69, 9.17) is 43.1 Å². The predicted octanol–water partition coefficient (Wildman–Crippen LogP) is 6.19. The molecule has 0 saturated carbocycles. The molecule has 0 saturated heterocycles. The van der Waals surface area contributed by atoms with Crippen molar-refractivity contribution in [3.8, 4) is 11.5 Å². The zero-order valence-corrected chi connectivity index (χ0v) is 44.4. The number of nitrogens with zero attached hydrogens (tertiary/aromatic N) is 5. The van der Waals surface area contributed by atoms with Crippen LogP contribution in [0.4, 0.5) is 11.4 Å². The highest BCUT2D eigenvalue weighted by atomic mass is 16.6. The molecule has 0 atom stereocenters. The van der Waals surface area contributed by atoms with Crippen LogP contribution in [0, 0.1) is 13.8 Å². The molecule has 2 bridgehead atoms. The summed E-state index contributed by atoms with van der Waals surface area (Å²) in [5.74, 6) is 0.420. The van der Waals surface area contributed by atoms with Crippen molar-refractivity contribution < 1.29 is 53.0 Å². The molecule has 0 unspecified atom stereocenters. The van der Waals surface area contributed by atoms with E-state index in [0.717, 1.165) is 60.3 Å². The Kier molecular flexibility index (Phi) is 20.0. The molecule has 404 valence electrons. The molecule has 75 heavy (non-hydrogen) atoms. The first-order valence-electron chi connectivity index (χ1n) is 26.6. The van der Waals surface area contributed by atoms with Gasteiger partial charge >= 0.3 is 0 Å². The zero-order chi connectivity index (χ0) is 52.7. The van der Waals surface area contributed by atoms with E-state index >= 15 is 0 Å². The van der Waals surface area contributed by atoms with Crippen LogP contribution in [-0.4, -0.2) is 166 Å². The molecule has 0 radical (unpaired) electrons. The molecule has 0 fully saturated rings. The molecule has 18 nitrogen and oxygen atoms in total. The van der Waals surface area contributed by atoms with Crippen molar-refractivity contribution in [2.24, 2.45) is 9.98 Å². The number of aromatic nitrogens is 3.